The molecule has 0 saturated carbocycles. The lowest BCUT2D eigenvalue weighted by Crippen LogP contribution is -2.48. The van der Waals surface area contributed by atoms with Gasteiger partial charge in [0.15, 0.2) is 10.8 Å². The second-order valence-corrected chi connectivity index (χ2v) is 5.81. The van der Waals surface area contributed by atoms with Gasteiger partial charge in [0.25, 0.3) is 5.91 Å². The Hall–Kier alpha value is -1.80. The van der Waals surface area contributed by atoms with Crippen molar-refractivity contribution in [3.05, 3.63) is 16.9 Å². The topological polar surface area (TPSA) is 110 Å². The summed E-state index contributed by atoms with van der Waals surface area (Å²) in [4.78, 5) is 21.1. The van der Waals surface area contributed by atoms with Crippen LogP contribution in [-0.4, -0.2) is 38.2 Å². The van der Waals surface area contributed by atoms with Gasteiger partial charge < -0.3 is 11.1 Å². The van der Waals surface area contributed by atoms with E-state index in [0.29, 0.717) is 27.9 Å². The van der Waals surface area contributed by atoms with Crippen LogP contribution >= 0.6 is 11.3 Å². The molecule has 0 aliphatic rings. The number of hydrogen-bond acceptors (Lipinski definition) is 6. The Balaban J connectivity index is 2.24. The second-order valence-electron chi connectivity index (χ2n) is 4.81. The molecule has 0 aliphatic heterocycles. The monoisotopic (exact) mass is 280 g/mol. The maximum atomic E-state index is 12.2. The molecule has 0 radical (unpaired) electrons. The van der Waals surface area contributed by atoms with Gasteiger partial charge in [-0.2, -0.15) is 5.10 Å². The maximum absolute atomic E-state index is 12.2. The van der Waals surface area contributed by atoms with Crippen molar-refractivity contribution in [3.8, 4) is 10.8 Å². The summed E-state index contributed by atoms with van der Waals surface area (Å²) in [5, 5.41) is 10.0. The van der Waals surface area contributed by atoms with Crippen LogP contribution < -0.4 is 11.1 Å². The van der Waals surface area contributed by atoms with Crippen LogP contribution in [0.15, 0.2) is 6.33 Å². The molecule has 2 heterocycles. The molecular weight excluding hydrogens is 264 g/mol. The van der Waals surface area contributed by atoms with Crippen LogP contribution in [0.1, 0.15) is 29.2 Å². The molecule has 0 aliphatic carbocycles. The summed E-state index contributed by atoms with van der Waals surface area (Å²) in [6, 6.07) is 0. The number of nitrogens with two attached hydrogens (primary N) is 1. The first-order valence-corrected chi connectivity index (χ1v) is 6.60. The van der Waals surface area contributed by atoms with E-state index in [1.165, 1.54) is 17.7 Å². The highest BCUT2D eigenvalue weighted by Crippen LogP contribution is 2.25. The minimum Gasteiger partial charge on any atom is -0.345 e. The lowest BCUT2D eigenvalue weighted by molar-refractivity contribution is 0.0919. The Morgan fingerprint density at radius 3 is 2.89 bits per heavy atom. The van der Waals surface area contributed by atoms with Gasteiger partial charge in [-0.1, -0.05) is 0 Å². The number of thiazole rings is 1. The Bertz CT molecular complexity index is 574. The fraction of sp³-hybridized carbons (Fsp3) is 0.455. The van der Waals surface area contributed by atoms with Gasteiger partial charge >= 0.3 is 0 Å². The predicted octanol–water partition coefficient (Wildman–Crippen LogP) is 0.704. The van der Waals surface area contributed by atoms with Crippen molar-refractivity contribution in [3.63, 3.8) is 0 Å². The van der Waals surface area contributed by atoms with Crippen LogP contribution in [0.25, 0.3) is 10.8 Å². The number of hydrogen-bond donors (Lipinski definition) is 3. The van der Waals surface area contributed by atoms with Crippen LogP contribution in [0.3, 0.4) is 0 Å². The van der Waals surface area contributed by atoms with Crippen molar-refractivity contribution in [2.24, 2.45) is 5.73 Å². The molecule has 0 atom stereocenters. The van der Waals surface area contributed by atoms with Crippen molar-refractivity contribution >= 4 is 17.2 Å². The summed E-state index contributed by atoms with van der Waals surface area (Å²) in [7, 11) is 0. The Morgan fingerprint density at radius 2 is 2.32 bits per heavy atom. The standard InChI is InChI=1S/C11H16N6OS/c1-6-7(9(18)16-11(2,3)4-12)19-10(15-6)8-13-5-14-17-8/h5H,4,12H2,1-3H3,(H,16,18)(H,13,14,17). The highest BCUT2D eigenvalue weighted by molar-refractivity contribution is 7.17. The van der Waals surface area contributed by atoms with E-state index < -0.39 is 5.54 Å². The number of nitrogens with zero attached hydrogens (tertiary/aromatic N) is 3. The number of carbonyl (C=O) groups is 1. The van der Waals surface area contributed by atoms with Crippen molar-refractivity contribution < 1.29 is 4.79 Å². The molecule has 0 bridgehead atoms. The summed E-state index contributed by atoms with van der Waals surface area (Å²) in [5.41, 5.74) is 5.83. The van der Waals surface area contributed by atoms with Crippen molar-refractivity contribution in [2.45, 2.75) is 26.3 Å². The molecule has 0 aromatic carbocycles. The van der Waals surface area contributed by atoms with Crippen LogP contribution in [0, 0.1) is 6.92 Å². The molecule has 7 nitrogen and oxygen atoms in total. The number of H-pyrrole nitrogens is 1. The van der Waals surface area contributed by atoms with E-state index in [1.807, 2.05) is 13.8 Å². The summed E-state index contributed by atoms with van der Waals surface area (Å²) >= 11 is 1.28. The zero-order chi connectivity index (χ0) is 14.0. The number of amides is 1. The van der Waals surface area contributed by atoms with Crippen LogP contribution in [0.5, 0.6) is 0 Å². The SMILES string of the molecule is Cc1nc(-c2ncn[nH]2)sc1C(=O)NC(C)(C)CN. The molecule has 4 N–H and O–H groups in total. The third-order valence-electron chi connectivity index (χ3n) is 2.58. The number of nitrogens with one attached hydrogen (secondary N) is 2. The van der Waals surface area contributed by atoms with E-state index in [0.717, 1.165) is 0 Å². The van der Waals surface area contributed by atoms with Gasteiger partial charge in [-0.15, -0.1) is 11.3 Å². The molecule has 19 heavy (non-hydrogen) atoms. The average molecular weight is 280 g/mol. The van der Waals surface area contributed by atoms with Gasteiger partial charge in [0, 0.05) is 12.1 Å². The summed E-state index contributed by atoms with van der Waals surface area (Å²) in [6.07, 6.45) is 1.41. The van der Waals surface area contributed by atoms with E-state index in [9.17, 15) is 4.79 Å². The highest BCUT2D eigenvalue weighted by atomic mass is 32.1. The Morgan fingerprint density at radius 1 is 1.58 bits per heavy atom. The number of carbonyl (C=O) groups excluding carboxylic acids is 1. The molecule has 0 spiro atoms. The van der Waals surface area contributed by atoms with E-state index in [-0.39, 0.29) is 5.91 Å². The molecule has 8 heteroatoms. The zero-order valence-corrected chi connectivity index (χ0v) is 11.8. The molecule has 2 aromatic rings. The molecule has 102 valence electrons. The average Bonchev–Trinajstić information content (AvgIpc) is 2.96. The predicted molar refractivity (Wildman–Crippen MR) is 72.8 cm³/mol. The minimum absolute atomic E-state index is 0.170. The van der Waals surface area contributed by atoms with E-state index in [4.69, 9.17) is 5.73 Å². The van der Waals surface area contributed by atoms with Gasteiger partial charge in [0.1, 0.15) is 11.2 Å². The van der Waals surface area contributed by atoms with Gasteiger partial charge in [-0.05, 0) is 20.8 Å². The largest absolute Gasteiger partial charge is 0.345 e. The van der Waals surface area contributed by atoms with Crippen molar-refractivity contribution in [1.29, 1.82) is 0 Å². The van der Waals surface area contributed by atoms with Crippen LogP contribution in [0.2, 0.25) is 0 Å². The molecule has 0 unspecified atom stereocenters. The van der Waals surface area contributed by atoms with Gasteiger partial charge in [0.2, 0.25) is 0 Å². The zero-order valence-electron chi connectivity index (χ0n) is 11.0. The van der Waals surface area contributed by atoms with Crippen molar-refractivity contribution in [1.82, 2.24) is 25.5 Å². The molecule has 0 fully saturated rings. The fourth-order valence-corrected chi connectivity index (χ4v) is 2.34. The third-order valence-corrected chi connectivity index (χ3v) is 3.75. The quantitative estimate of drug-likeness (QED) is 0.764. The summed E-state index contributed by atoms with van der Waals surface area (Å²) < 4.78 is 0. The van der Waals surface area contributed by atoms with Gasteiger partial charge in [-0.25, -0.2) is 9.97 Å². The lowest BCUT2D eigenvalue weighted by atomic mass is 10.1. The second kappa shape index (κ2) is 5.06. The van der Waals surface area contributed by atoms with E-state index in [2.05, 4.69) is 25.5 Å². The van der Waals surface area contributed by atoms with Gasteiger partial charge in [0.05, 0.1) is 5.69 Å². The minimum atomic E-state index is -0.445. The molecule has 2 rings (SSSR count). The van der Waals surface area contributed by atoms with Crippen LogP contribution in [-0.2, 0) is 0 Å². The normalized spacial score (nSPS) is 11.6. The fourth-order valence-electron chi connectivity index (χ4n) is 1.43. The Kier molecular flexibility index (Phi) is 3.63. The summed E-state index contributed by atoms with van der Waals surface area (Å²) in [5.74, 6) is 0.390. The molecular formula is C11H16N6OS. The smallest absolute Gasteiger partial charge is 0.263 e. The van der Waals surface area contributed by atoms with E-state index >= 15 is 0 Å². The first kappa shape index (κ1) is 13.6. The third kappa shape index (κ3) is 2.96. The van der Waals surface area contributed by atoms with E-state index in [1.54, 1.807) is 6.92 Å². The highest BCUT2D eigenvalue weighted by Gasteiger charge is 2.23. The number of aryl methyl sites for hydroxylation is 1. The first-order valence-electron chi connectivity index (χ1n) is 5.78. The van der Waals surface area contributed by atoms with Crippen LogP contribution in [0.4, 0.5) is 0 Å². The van der Waals surface area contributed by atoms with Gasteiger partial charge in [-0.3, -0.25) is 9.89 Å². The lowest BCUT2D eigenvalue weighted by Gasteiger charge is -2.23. The molecule has 2 aromatic heterocycles. The first-order chi connectivity index (χ1) is 8.93. The number of aromatic nitrogens is 4. The molecule has 1 amide bonds. The number of aromatic amines is 1. The summed E-state index contributed by atoms with van der Waals surface area (Å²) in [6.45, 7) is 5.91. The van der Waals surface area contributed by atoms with Crippen molar-refractivity contribution in [2.75, 3.05) is 6.54 Å². The molecule has 0 saturated heterocycles. The Labute approximate surface area is 114 Å². The maximum Gasteiger partial charge on any atom is 0.263 e. The number of rotatable bonds is 4.